The van der Waals surface area contributed by atoms with Crippen LogP contribution >= 0.6 is 0 Å². The highest BCUT2D eigenvalue weighted by Gasteiger charge is 2.91. The molecule has 0 spiro atoms. The summed E-state index contributed by atoms with van der Waals surface area (Å²) in [5.74, 6) is -20.1. The molecule has 28 heavy (non-hydrogen) atoms. The van der Waals surface area contributed by atoms with E-state index in [4.69, 9.17) is 5.11 Å². The molecule has 0 aromatic heterocycles. The van der Waals surface area contributed by atoms with Crippen LogP contribution in [0.15, 0.2) is 0 Å². The van der Waals surface area contributed by atoms with E-state index in [1.807, 2.05) is 0 Å². The quantitative estimate of drug-likeness (QED) is 0.530. The largest absolute Gasteiger partial charge is 0.462 e. The van der Waals surface area contributed by atoms with Crippen LogP contribution in [0.3, 0.4) is 0 Å². The van der Waals surface area contributed by atoms with Crippen molar-refractivity contribution < 1.29 is 63.3 Å². The lowest BCUT2D eigenvalue weighted by molar-refractivity contribution is -0.536. The van der Waals surface area contributed by atoms with E-state index in [0.717, 1.165) is 13.8 Å². The van der Waals surface area contributed by atoms with Crippen molar-refractivity contribution in [3.63, 3.8) is 0 Å². The van der Waals surface area contributed by atoms with Gasteiger partial charge in [-0.1, -0.05) is 6.92 Å². The van der Waals surface area contributed by atoms with Crippen LogP contribution in [-0.4, -0.2) is 52.8 Å². The highest BCUT2D eigenvalue weighted by atomic mass is 19.4. The summed E-state index contributed by atoms with van der Waals surface area (Å²) >= 11 is 0. The summed E-state index contributed by atoms with van der Waals surface area (Å²) in [4.78, 5) is 11.9. The van der Waals surface area contributed by atoms with Gasteiger partial charge in [0.1, 0.15) is 0 Å². The Balaban J connectivity index is 3.82. The number of ether oxygens (including phenoxy) is 2. The van der Waals surface area contributed by atoms with E-state index in [2.05, 4.69) is 9.47 Å². The van der Waals surface area contributed by atoms with Crippen LogP contribution in [0, 0.1) is 5.41 Å². The van der Waals surface area contributed by atoms with Crippen molar-refractivity contribution in [1.29, 1.82) is 0 Å². The summed E-state index contributed by atoms with van der Waals surface area (Å²) in [6.07, 6.45) is -18.2. The maximum atomic E-state index is 14.3. The van der Waals surface area contributed by atoms with Gasteiger partial charge >= 0.3 is 36.0 Å². The lowest BCUT2D eigenvalue weighted by atomic mass is 9.81. The number of hydrogen-bond donors (Lipinski definition) is 1. The molecule has 0 saturated carbocycles. The molecule has 1 aliphatic heterocycles. The molecule has 1 saturated heterocycles. The molecule has 4 nitrogen and oxygen atoms in total. The average Bonchev–Trinajstić information content (AvgIpc) is 2.49. The molecule has 0 bridgehead atoms. The Kier molecular flexibility index (Phi) is 5.60. The van der Waals surface area contributed by atoms with Crippen LogP contribution in [0.4, 0.5) is 43.9 Å². The standard InChI is InChI=1S/C14H16F10O4/c1-5-8(2,3)7(26)27-12(14(22,23)24)11(17,18)6(25)10(15,16)9(4,28-12)13(19,20)21/h6,25H,5H2,1-4H3. The smallest absolute Gasteiger partial charge is 0.417 e. The number of hydrogen-bond acceptors (Lipinski definition) is 4. The van der Waals surface area contributed by atoms with Crippen LogP contribution < -0.4 is 0 Å². The van der Waals surface area contributed by atoms with Crippen LogP contribution in [-0.2, 0) is 14.3 Å². The molecule has 166 valence electrons. The average molecular weight is 438 g/mol. The zero-order chi connectivity index (χ0) is 22.8. The second kappa shape index (κ2) is 6.34. The van der Waals surface area contributed by atoms with Crippen LogP contribution in [0.25, 0.3) is 0 Å². The number of carbonyl (C=O) groups excluding carboxylic acids is 1. The van der Waals surface area contributed by atoms with Gasteiger partial charge in [-0.2, -0.15) is 43.9 Å². The third-order valence-electron chi connectivity index (χ3n) is 4.70. The van der Waals surface area contributed by atoms with E-state index in [1.54, 1.807) is 0 Å². The predicted molar refractivity (Wildman–Crippen MR) is 70.4 cm³/mol. The van der Waals surface area contributed by atoms with Gasteiger partial charge in [-0.25, -0.2) is 0 Å². The Morgan fingerprint density at radius 2 is 1.43 bits per heavy atom. The first-order valence-corrected chi connectivity index (χ1v) is 7.56. The Bertz CT molecular complexity index is 627. The SMILES string of the molecule is CCC(C)(C)C(=O)OC1(C(F)(F)F)OC(C)(C(F)(F)F)C(F)(F)C(O)C1(F)F. The fourth-order valence-electron chi connectivity index (χ4n) is 2.15. The van der Waals surface area contributed by atoms with Crippen molar-refractivity contribution in [2.45, 2.75) is 75.8 Å². The second-order valence-corrected chi connectivity index (χ2v) is 7.02. The number of halogens is 10. The summed E-state index contributed by atoms with van der Waals surface area (Å²) in [6.45, 7) is 2.37. The minimum Gasteiger partial charge on any atom is -0.417 e. The van der Waals surface area contributed by atoms with Crippen molar-refractivity contribution in [2.24, 2.45) is 5.41 Å². The van der Waals surface area contributed by atoms with Crippen LogP contribution in [0.2, 0.25) is 0 Å². The van der Waals surface area contributed by atoms with Crippen molar-refractivity contribution in [1.82, 2.24) is 0 Å². The van der Waals surface area contributed by atoms with E-state index in [0.29, 0.717) is 0 Å². The first kappa shape index (κ1) is 24.7. The van der Waals surface area contributed by atoms with Gasteiger partial charge in [0.2, 0.25) is 5.60 Å². The topological polar surface area (TPSA) is 55.8 Å². The van der Waals surface area contributed by atoms with Gasteiger partial charge in [0.05, 0.1) is 5.41 Å². The van der Waals surface area contributed by atoms with E-state index in [9.17, 15) is 48.7 Å². The monoisotopic (exact) mass is 438 g/mol. The van der Waals surface area contributed by atoms with Gasteiger partial charge in [0.15, 0.2) is 6.10 Å². The molecule has 1 N–H and O–H groups in total. The van der Waals surface area contributed by atoms with E-state index in [1.165, 1.54) is 6.92 Å². The highest BCUT2D eigenvalue weighted by Crippen LogP contribution is 2.62. The second-order valence-electron chi connectivity index (χ2n) is 7.02. The molecule has 14 heteroatoms. The molecular weight excluding hydrogens is 422 g/mol. The summed E-state index contributed by atoms with van der Waals surface area (Å²) in [5.41, 5.74) is -7.20. The number of carbonyl (C=O) groups is 1. The van der Waals surface area contributed by atoms with Crippen molar-refractivity contribution >= 4 is 5.97 Å². The maximum absolute atomic E-state index is 14.3. The minimum absolute atomic E-state index is 0.319. The number of rotatable bonds is 3. The fraction of sp³-hybridized carbons (Fsp3) is 0.929. The predicted octanol–water partition coefficient (Wildman–Crippen LogP) is 4.21. The number of esters is 1. The molecule has 3 atom stereocenters. The van der Waals surface area contributed by atoms with Crippen LogP contribution in [0.5, 0.6) is 0 Å². The molecule has 1 heterocycles. The Labute approximate surface area is 151 Å². The Hall–Kier alpha value is -1.31. The molecule has 0 amide bonds. The number of aliphatic hydroxyl groups excluding tert-OH is 1. The molecule has 0 radical (unpaired) electrons. The highest BCUT2D eigenvalue weighted by molar-refractivity contribution is 5.76. The molecule has 3 unspecified atom stereocenters. The summed E-state index contributed by atoms with van der Waals surface area (Å²) < 4.78 is 143. The van der Waals surface area contributed by atoms with Gasteiger partial charge in [0, 0.05) is 0 Å². The third-order valence-corrected chi connectivity index (χ3v) is 4.70. The normalized spacial score (nSPS) is 33.5. The molecular formula is C14H16F10O4. The van der Waals surface area contributed by atoms with Crippen molar-refractivity contribution in [2.75, 3.05) is 0 Å². The molecule has 0 aliphatic carbocycles. The Morgan fingerprint density at radius 1 is 1.00 bits per heavy atom. The van der Waals surface area contributed by atoms with Gasteiger partial charge in [0.25, 0.3) is 0 Å². The van der Waals surface area contributed by atoms with Gasteiger partial charge in [-0.3, -0.25) is 4.79 Å². The summed E-state index contributed by atoms with van der Waals surface area (Å²) in [7, 11) is 0. The van der Waals surface area contributed by atoms with Crippen molar-refractivity contribution in [3.8, 4) is 0 Å². The third kappa shape index (κ3) is 3.12. The minimum atomic E-state index is -6.64. The molecule has 0 aromatic carbocycles. The zero-order valence-corrected chi connectivity index (χ0v) is 14.7. The molecule has 1 aliphatic rings. The summed E-state index contributed by atoms with van der Waals surface area (Å²) in [6, 6.07) is 0. The summed E-state index contributed by atoms with van der Waals surface area (Å²) in [5, 5.41) is 9.16. The van der Waals surface area contributed by atoms with Gasteiger partial charge in [-0.15, -0.1) is 0 Å². The Morgan fingerprint density at radius 3 is 1.75 bits per heavy atom. The lowest BCUT2D eigenvalue weighted by Gasteiger charge is -2.54. The van der Waals surface area contributed by atoms with E-state index in [-0.39, 0.29) is 6.42 Å². The fourth-order valence-corrected chi connectivity index (χ4v) is 2.15. The first-order valence-electron chi connectivity index (χ1n) is 7.56. The molecule has 1 rings (SSSR count). The molecule has 1 fully saturated rings. The van der Waals surface area contributed by atoms with Gasteiger partial charge in [-0.05, 0) is 27.2 Å². The van der Waals surface area contributed by atoms with E-state index >= 15 is 0 Å². The first-order chi connectivity index (χ1) is 12.1. The molecule has 0 aromatic rings. The maximum Gasteiger partial charge on any atom is 0.462 e. The van der Waals surface area contributed by atoms with Crippen LogP contribution in [0.1, 0.15) is 34.1 Å². The number of aliphatic hydroxyl groups is 1. The van der Waals surface area contributed by atoms with Gasteiger partial charge < -0.3 is 14.6 Å². The number of alkyl halides is 10. The lowest BCUT2D eigenvalue weighted by Crippen LogP contribution is -2.82. The van der Waals surface area contributed by atoms with Crippen molar-refractivity contribution in [3.05, 3.63) is 0 Å². The zero-order valence-electron chi connectivity index (χ0n) is 14.7. The van der Waals surface area contributed by atoms with E-state index < -0.39 is 60.0 Å².